The number of nitrogens with zero attached hydrogens (tertiary/aromatic N) is 2. The molecule has 0 aliphatic rings. The molecule has 0 spiro atoms. The number of ketones is 1. The molecule has 0 unspecified atom stereocenters. The second-order valence-corrected chi connectivity index (χ2v) is 8.72. The van der Waals surface area contributed by atoms with E-state index in [4.69, 9.17) is 0 Å². The minimum Gasteiger partial charge on any atom is -0.347 e. The lowest BCUT2D eigenvalue weighted by atomic mass is 10.1. The molecule has 0 aliphatic carbocycles. The van der Waals surface area contributed by atoms with Crippen molar-refractivity contribution in [3.8, 4) is 0 Å². The third-order valence-electron chi connectivity index (χ3n) is 4.86. The smallest absolute Gasteiger partial charge is 0.243 e. The van der Waals surface area contributed by atoms with Crippen molar-refractivity contribution in [2.45, 2.75) is 25.9 Å². The van der Waals surface area contributed by atoms with Crippen LogP contribution in [0.2, 0.25) is 0 Å². The van der Waals surface area contributed by atoms with Crippen LogP contribution >= 0.6 is 0 Å². The van der Waals surface area contributed by atoms with Gasteiger partial charge in [0.15, 0.2) is 5.78 Å². The predicted octanol–water partition coefficient (Wildman–Crippen LogP) is 2.68. The van der Waals surface area contributed by atoms with E-state index in [1.165, 1.54) is 23.3 Å². The van der Waals surface area contributed by atoms with E-state index in [-0.39, 0.29) is 11.7 Å². The molecule has 1 aromatic rings. The van der Waals surface area contributed by atoms with Gasteiger partial charge in [-0.3, -0.25) is 9.59 Å². The Morgan fingerprint density at radius 3 is 1.86 bits per heavy atom. The molecule has 154 valence electrons. The maximum absolute atomic E-state index is 11.4. The summed E-state index contributed by atoms with van der Waals surface area (Å²) in [5.74, 6) is -0.00639. The minimum atomic E-state index is -0.126. The average molecular weight is 388 g/mol. The van der Waals surface area contributed by atoms with Crippen LogP contribution in [0.5, 0.6) is 0 Å². The van der Waals surface area contributed by atoms with E-state index in [0.717, 1.165) is 41.6 Å². The van der Waals surface area contributed by atoms with Gasteiger partial charge >= 0.3 is 0 Å². The summed E-state index contributed by atoms with van der Waals surface area (Å²) in [7, 11) is 8.73. The molecule has 0 fully saturated rings. The number of likely N-dealkylation sites (N-methyl/N-ethyl adjacent to an activating group) is 1. The molecule has 0 aromatic heterocycles. The Hall–Kier alpha value is -2.24. The van der Waals surface area contributed by atoms with Gasteiger partial charge in [-0.15, -0.1) is 0 Å². The van der Waals surface area contributed by atoms with Gasteiger partial charge in [-0.2, -0.15) is 0 Å². The zero-order valence-corrected chi connectivity index (χ0v) is 18.0. The van der Waals surface area contributed by atoms with Crippen LogP contribution in [0.15, 0.2) is 49.6 Å². The lowest BCUT2D eigenvalue weighted by Crippen LogP contribution is -2.44. The monoisotopic (exact) mass is 387 g/mol. The zero-order valence-electron chi connectivity index (χ0n) is 18.0. The third-order valence-corrected chi connectivity index (χ3v) is 4.86. The molecule has 0 aliphatic heterocycles. The van der Waals surface area contributed by atoms with Crippen molar-refractivity contribution in [2.75, 3.05) is 47.8 Å². The van der Waals surface area contributed by atoms with Gasteiger partial charge < -0.3 is 14.3 Å². The van der Waals surface area contributed by atoms with Gasteiger partial charge in [0.25, 0.3) is 0 Å². The Bertz CT molecular complexity index is 617. The number of benzene rings is 1. The number of amides is 1. The molecule has 0 atom stereocenters. The Labute approximate surface area is 170 Å². The molecule has 5 heteroatoms. The summed E-state index contributed by atoms with van der Waals surface area (Å²) in [5, 5.41) is 2.84. The van der Waals surface area contributed by atoms with E-state index in [1.54, 1.807) is 0 Å². The Morgan fingerprint density at radius 1 is 0.893 bits per heavy atom. The maximum atomic E-state index is 11.4. The first-order chi connectivity index (χ1) is 13.1. The van der Waals surface area contributed by atoms with Crippen LogP contribution in [0.1, 0.15) is 24.0 Å². The molecule has 1 N–H and O–H groups in total. The van der Waals surface area contributed by atoms with Crippen LogP contribution < -0.4 is 5.32 Å². The predicted molar refractivity (Wildman–Crippen MR) is 115 cm³/mol. The van der Waals surface area contributed by atoms with Crippen molar-refractivity contribution in [3.05, 3.63) is 60.7 Å². The van der Waals surface area contributed by atoms with Crippen molar-refractivity contribution in [1.82, 2.24) is 5.32 Å². The van der Waals surface area contributed by atoms with Crippen molar-refractivity contribution < 1.29 is 18.6 Å². The molecule has 1 aromatic carbocycles. The fourth-order valence-corrected chi connectivity index (χ4v) is 3.23. The number of rotatable bonds is 13. The largest absolute Gasteiger partial charge is 0.347 e. The minimum absolute atomic E-state index is 0.120. The van der Waals surface area contributed by atoms with Crippen LogP contribution in [-0.2, 0) is 22.7 Å². The van der Waals surface area contributed by atoms with E-state index in [2.05, 4.69) is 70.9 Å². The van der Waals surface area contributed by atoms with Gasteiger partial charge in [-0.1, -0.05) is 37.4 Å². The SMILES string of the molecule is C=CC(=O)CCC[N+](C)(C)Cc1ccc(C[N+](C)(C)CCNC(=O)C=C)cc1. The van der Waals surface area contributed by atoms with Gasteiger partial charge in [0.2, 0.25) is 5.91 Å². The number of allylic oxidation sites excluding steroid dienone is 1. The maximum Gasteiger partial charge on any atom is 0.243 e. The van der Waals surface area contributed by atoms with Crippen LogP contribution in [-0.4, -0.2) is 68.5 Å². The number of nitrogens with one attached hydrogen (secondary N) is 1. The highest BCUT2D eigenvalue weighted by Gasteiger charge is 2.18. The number of hydrogen-bond acceptors (Lipinski definition) is 2. The lowest BCUT2D eigenvalue weighted by molar-refractivity contribution is -0.903. The molecule has 0 radical (unpaired) electrons. The van der Waals surface area contributed by atoms with Gasteiger partial charge in [0, 0.05) is 24.0 Å². The number of carbonyl (C=O) groups is 2. The highest BCUT2D eigenvalue weighted by atomic mass is 16.1. The van der Waals surface area contributed by atoms with Crippen molar-refractivity contribution in [1.29, 1.82) is 0 Å². The Morgan fingerprint density at radius 2 is 1.39 bits per heavy atom. The highest BCUT2D eigenvalue weighted by Crippen LogP contribution is 2.15. The molecule has 0 heterocycles. The first-order valence-corrected chi connectivity index (χ1v) is 9.84. The fraction of sp³-hybridized carbons (Fsp3) is 0.478. The molecule has 5 nitrogen and oxygen atoms in total. The van der Waals surface area contributed by atoms with Crippen LogP contribution in [0.4, 0.5) is 0 Å². The first-order valence-electron chi connectivity index (χ1n) is 9.84. The number of carbonyl (C=O) groups excluding carboxylic acids is 2. The third kappa shape index (κ3) is 9.62. The molecular formula is C23H37N3O2+2. The summed E-state index contributed by atoms with van der Waals surface area (Å²) in [6.07, 6.45) is 4.16. The fourth-order valence-electron chi connectivity index (χ4n) is 3.23. The van der Waals surface area contributed by atoms with Crippen LogP contribution in [0, 0.1) is 0 Å². The van der Waals surface area contributed by atoms with E-state index in [9.17, 15) is 9.59 Å². The molecular weight excluding hydrogens is 350 g/mol. The molecule has 28 heavy (non-hydrogen) atoms. The van der Waals surface area contributed by atoms with Crippen molar-refractivity contribution in [2.24, 2.45) is 0 Å². The van der Waals surface area contributed by atoms with Crippen LogP contribution in [0.25, 0.3) is 0 Å². The van der Waals surface area contributed by atoms with E-state index < -0.39 is 0 Å². The van der Waals surface area contributed by atoms with Crippen molar-refractivity contribution >= 4 is 11.7 Å². The first kappa shape index (κ1) is 23.8. The second-order valence-electron chi connectivity index (χ2n) is 8.72. The summed E-state index contributed by atoms with van der Waals surface area (Å²) >= 11 is 0. The van der Waals surface area contributed by atoms with Gasteiger partial charge in [0.05, 0.1) is 47.8 Å². The van der Waals surface area contributed by atoms with E-state index >= 15 is 0 Å². The van der Waals surface area contributed by atoms with Crippen molar-refractivity contribution in [3.63, 3.8) is 0 Å². The normalized spacial score (nSPS) is 11.7. The average Bonchev–Trinajstić information content (AvgIpc) is 2.62. The topological polar surface area (TPSA) is 46.2 Å². The summed E-state index contributed by atoms with van der Waals surface area (Å²) in [6.45, 7) is 11.3. The van der Waals surface area contributed by atoms with Gasteiger partial charge in [-0.05, 0) is 12.2 Å². The molecule has 0 saturated heterocycles. The lowest BCUT2D eigenvalue weighted by Gasteiger charge is -2.31. The molecule has 0 bridgehead atoms. The Balaban J connectivity index is 2.53. The standard InChI is InChI=1S/C23H36N3O2/c1-7-22(27)10-9-16-25(3,4)18-20-11-13-21(14-12-20)19-26(5,6)17-15-24-23(28)8-2/h7-8,11-14H,1-2,9-10,15-19H2,3-6H3/q+1/p+1. The van der Waals surface area contributed by atoms with Gasteiger partial charge in [0.1, 0.15) is 13.1 Å². The number of quaternary nitrogens is 2. The second kappa shape index (κ2) is 10.9. The summed E-state index contributed by atoms with van der Waals surface area (Å²) < 4.78 is 1.66. The highest BCUT2D eigenvalue weighted by molar-refractivity contribution is 5.88. The molecule has 0 saturated carbocycles. The quantitative estimate of drug-likeness (QED) is 0.418. The Kier molecular flexibility index (Phi) is 9.29. The zero-order chi connectivity index (χ0) is 21.2. The van der Waals surface area contributed by atoms with E-state index in [0.29, 0.717) is 13.0 Å². The molecule has 1 rings (SSSR count). The number of hydrogen-bond donors (Lipinski definition) is 1. The molecule has 1 amide bonds. The van der Waals surface area contributed by atoms with Gasteiger partial charge in [-0.25, -0.2) is 0 Å². The summed E-state index contributed by atoms with van der Waals surface area (Å²) in [4.78, 5) is 22.6. The summed E-state index contributed by atoms with van der Waals surface area (Å²) in [6, 6.07) is 8.78. The van der Waals surface area contributed by atoms with E-state index in [1.807, 2.05) is 0 Å². The van der Waals surface area contributed by atoms with Crippen LogP contribution in [0.3, 0.4) is 0 Å². The summed E-state index contributed by atoms with van der Waals surface area (Å²) in [5.41, 5.74) is 2.58.